The van der Waals surface area contributed by atoms with Crippen molar-refractivity contribution in [1.29, 1.82) is 0 Å². The molecule has 3 rings (SSSR count). The molecule has 1 N–H and O–H groups in total. The largest absolute Gasteiger partial charge is 0.364 e. The Morgan fingerprint density at radius 1 is 1.24 bits per heavy atom. The number of ether oxygens (including phenoxy) is 1. The van der Waals surface area contributed by atoms with Crippen LogP contribution in [0.4, 0.5) is 10.1 Å². The Hall–Kier alpha value is -1.89. The Bertz CT molecular complexity index is 863. The molecule has 0 aliphatic carbocycles. The standard InChI is InChI=1S/C23H28FNO3S/c1-15-13-17(22(27)28-12-11-23(2,3)4)7-10-19(15)25-20(26)14-29-21(25)16-5-8-18(24)9-6-16/h5-10,13,21-22,27H,11-12,14H2,1-4H3. The highest BCUT2D eigenvalue weighted by Crippen LogP contribution is 2.43. The summed E-state index contributed by atoms with van der Waals surface area (Å²) in [6.07, 6.45) is -0.151. The van der Waals surface area contributed by atoms with Gasteiger partial charge < -0.3 is 9.84 Å². The van der Waals surface area contributed by atoms with E-state index in [0.29, 0.717) is 17.9 Å². The number of carbonyl (C=O) groups is 1. The molecule has 0 spiro atoms. The minimum absolute atomic E-state index is 0.0159. The normalized spacial score (nSPS) is 18.3. The van der Waals surface area contributed by atoms with Gasteiger partial charge in [-0.2, -0.15) is 0 Å². The van der Waals surface area contributed by atoms with Crippen molar-refractivity contribution < 1.29 is 19.0 Å². The van der Waals surface area contributed by atoms with Crippen molar-refractivity contribution in [3.05, 3.63) is 65.0 Å². The molecule has 0 saturated carbocycles. The molecule has 2 atom stereocenters. The molecule has 4 nitrogen and oxygen atoms in total. The van der Waals surface area contributed by atoms with E-state index >= 15 is 0 Å². The van der Waals surface area contributed by atoms with E-state index in [4.69, 9.17) is 4.74 Å². The third-order valence-corrected chi connectivity index (χ3v) is 6.13. The molecule has 6 heteroatoms. The SMILES string of the molecule is Cc1cc(C(O)OCCC(C)(C)C)ccc1N1C(=O)CSC1c1ccc(F)cc1. The Morgan fingerprint density at radius 2 is 1.93 bits per heavy atom. The lowest BCUT2D eigenvalue weighted by Gasteiger charge is -2.26. The number of amides is 1. The van der Waals surface area contributed by atoms with Crippen molar-refractivity contribution in [2.45, 2.75) is 45.8 Å². The van der Waals surface area contributed by atoms with E-state index in [2.05, 4.69) is 20.8 Å². The van der Waals surface area contributed by atoms with Crippen molar-refractivity contribution in [1.82, 2.24) is 0 Å². The topological polar surface area (TPSA) is 49.8 Å². The smallest absolute Gasteiger partial charge is 0.238 e. The first-order chi connectivity index (χ1) is 13.7. The van der Waals surface area contributed by atoms with Crippen LogP contribution in [0.15, 0.2) is 42.5 Å². The molecule has 29 heavy (non-hydrogen) atoms. The number of anilines is 1. The molecule has 1 aliphatic heterocycles. The molecule has 0 bridgehead atoms. The summed E-state index contributed by atoms with van der Waals surface area (Å²) in [5.41, 5.74) is 3.36. The lowest BCUT2D eigenvalue weighted by Crippen LogP contribution is -2.28. The predicted octanol–water partition coefficient (Wildman–Crippen LogP) is 5.36. The van der Waals surface area contributed by atoms with E-state index < -0.39 is 6.29 Å². The summed E-state index contributed by atoms with van der Waals surface area (Å²) in [5.74, 6) is 0.0969. The van der Waals surface area contributed by atoms with Crippen molar-refractivity contribution >= 4 is 23.4 Å². The fourth-order valence-electron chi connectivity index (χ4n) is 3.23. The Morgan fingerprint density at radius 3 is 2.55 bits per heavy atom. The van der Waals surface area contributed by atoms with Gasteiger partial charge in [-0.05, 0) is 54.2 Å². The number of hydrogen-bond donors (Lipinski definition) is 1. The highest BCUT2D eigenvalue weighted by molar-refractivity contribution is 8.00. The van der Waals surface area contributed by atoms with Gasteiger partial charge in [0.1, 0.15) is 11.2 Å². The highest BCUT2D eigenvalue weighted by atomic mass is 32.2. The summed E-state index contributed by atoms with van der Waals surface area (Å²) in [7, 11) is 0. The third-order valence-electron chi connectivity index (χ3n) is 4.92. The van der Waals surface area contributed by atoms with E-state index in [0.717, 1.165) is 23.2 Å². The molecular weight excluding hydrogens is 389 g/mol. The van der Waals surface area contributed by atoms with Gasteiger partial charge in [0.25, 0.3) is 0 Å². The summed E-state index contributed by atoms with van der Waals surface area (Å²) in [6.45, 7) is 8.77. The van der Waals surface area contributed by atoms with Gasteiger partial charge in [0.05, 0.1) is 12.4 Å². The van der Waals surface area contributed by atoms with Crippen molar-refractivity contribution in [2.24, 2.45) is 5.41 Å². The number of thioether (sulfide) groups is 1. The van der Waals surface area contributed by atoms with Crippen LogP contribution in [0.25, 0.3) is 0 Å². The molecule has 1 saturated heterocycles. The second kappa shape index (κ2) is 8.86. The maximum absolute atomic E-state index is 13.3. The van der Waals surface area contributed by atoms with Gasteiger partial charge in [-0.1, -0.05) is 39.0 Å². The fraction of sp³-hybridized carbons (Fsp3) is 0.435. The van der Waals surface area contributed by atoms with Gasteiger partial charge in [0.2, 0.25) is 5.91 Å². The highest BCUT2D eigenvalue weighted by Gasteiger charge is 2.35. The number of halogens is 1. The molecule has 1 fully saturated rings. The lowest BCUT2D eigenvalue weighted by molar-refractivity contribution is -0.115. The second-order valence-electron chi connectivity index (χ2n) is 8.56. The van der Waals surface area contributed by atoms with Crippen LogP contribution < -0.4 is 4.90 Å². The minimum atomic E-state index is -0.998. The van der Waals surface area contributed by atoms with Crippen molar-refractivity contribution in [2.75, 3.05) is 17.3 Å². The first kappa shape index (κ1) is 21.8. The van der Waals surface area contributed by atoms with Gasteiger partial charge in [0, 0.05) is 11.3 Å². The number of aliphatic hydroxyl groups excluding tert-OH is 1. The van der Waals surface area contributed by atoms with E-state index in [1.807, 2.05) is 19.1 Å². The van der Waals surface area contributed by atoms with Crippen LogP contribution in [0.5, 0.6) is 0 Å². The number of rotatable bonds is 6. The molecular formula is C23H28FNO3S. The molecule has 0 aromatic heterocycles. The van der Waals surface area contributed by atoms with Gasteiger partial charge in [-0.3, -0.25) is 9.69 Å². The summed E-state index contributed by atoms with van der Waals surface area (Å²) >= 11 is 1.52. The Kier molecular flexibility index (Phi) is 6.66. The average molecular weight is 418 g/mol. The average Bonchev–Trinajstić information content (AvgIpc) is 3.02. The monoisotopic (exact) mass is 417 g/mol. The molecule has 2 unspecified atom stereocenters. The lowest BCUT2D eigenvalue weighted by atomic mass is 9.93. The van der Waals surface area contributed by atoms with Crippen LogP contribution in [0, 0.1) is 18.2 Å². The molecule has 156 valence electrons. The van der Waals surface area contributed by atoms with E-state index in [1.165, 1.54) is 23.9 Å². The van der Waals surface area contributed by atoms with E-state index in [1.54, 1.807) is 23.1 Å². The van der Waals surface area contributed by atoms with Gasteiger partial charge in [0.15, 0.2) is 6.29 Å². The van der Waals surface area contributed by atoms with Crippen LogP contribution in [0.1, 0.15) is 55.5 Å². The van der Waals surface area contributed by atoms with Crippen molar-refractivity contribution in [3.8, 4) is 0 Å². The zero-order valence-electron chi connectivity index (χ0n) is 17.3. The summed E-state index contributed by atoms with van der Waals surface area (Å²) < 4.78 is 18.9. The number of aliphatic hydroxyl groups is 1. The number of aryl methyl sites for hydroxylation is 1. The molecule has 1 heterocycles. The molecule has 2 aromatic rings. The van der Waals surface area contributed by atoms with E-state index in [9.17, 15) is 14.3 Å². The fourth-order valence-corrected chi connectivity index (χ4v) is 4.40. The van der Waals surface area contributed by atoms with Crippen LogP contribution in [-0.4, -0.2) is 23.4 Å². The zero-order valence-corrected chi connectivity index (χ0v) is 18.1. The zero-order chi connectivity index (χ0) is 21.2. The Balaban J connectivity index is 1.77. The van der Waals surface area contributed by atoms with Crippen LogP contribution >= 0.6 is 11.8 Å². The minimum Gasteiger partial charge on any atom is -0.364 e. The van der Waals surface area contributed by atoms with Crippen molar-refractivity contribution in [3.63, 3.8) is 0 Å². The first-order valence-corrected chi connectivity index (χ1v) is 10.8. The number of benzene rings is 2. The van der Waals surface area contributed by atoms with Gasteiger partial charge in [-0.25, -0.2) is 4.39 Å². The summed E-state index contributed by atoms with van der Waals surface area (Å²) in [5, 5.41) is 10.2. The second-order valence-corrected chi connectivity index (χ2v) is 9.63. The first-order valence-electron chi connectivity index (χ1n) is 9.75. The maximum Gasteiger partial charge on any atom is 0.238 e. The number of hydrogen-bond acceptors (Lipinski definition) is 4. The Labute approximate surface area is 176 Å². The molecule has 2 aromatic carbocycles. The van der Waals surface area contributed by atoms with Crippen LogP contribution in [-0.2, 0) is 9.53 Å². The number of nitrogens with zero attached hydrogens (tertiary/aromatic N) is 1. The van der Waals surface area contributed by atoms with Gasteiger partial charge in [-0.15, -0.1) is 11.8 Å². The quantitative estimate of drug-likeness (QED) is 0.643. The van der Waals surface area contributed by atoms with Gasteiger partial charge >= 0.3 is 0 Å². The predicted molar refractivity (Wildman–Crippen MR) is 115 cm³/mol. The molecule has 0 radical (unpaired) electrons. The summed E-state index contributed by atoms with van der Waals surface area (Å²) in [6, 6.07) is 11.8. The third kappa shape index (κ3) is 5.38. The number of carbonyl (C=O) groups excluding carboxylic acids is 1. The molecule has 1 amide bonds. The van der Waals surface area contributed by atoms with Crippen LogP contribution in [0.2, 0.25) is 0 Å². The maximum atomic E-state index is 13.3. The van der Waals surface area contributed by atoms with Crippen LogP contribution in [0.3, 0.4) is 0 Å². The summed E-state index contributed by atoms with van der Waals surface area (Å²) in [4.78, 5) is 14.3. The molecule has 1 aliphatic rings. The van der Waals surface area contributed by atoms with E-state index in [-0.39, 0.29) is 22.5 Å².